The lowest BCUT2D eigenvalue weighted by molar-refractivity contribution is -0.140. The predicted octanol–water partition coefficient (Wildman–Crippen LogP) is 1.08. The Morgan fingerprint density at radius 1 is 1.47 bits per heavy atom. The van der Waals surface area contributed by atoms with Gasteiger partial charge in [-0.1, -0.05) is 26.0 Å². The molecule has 0 fully saturated rings. The minimum Gasteiger partial charge on any atom is -0.508 e. The van der Waals surface area contributed by atoms with Gasteiger partial charge < -0.3 is 15.9 Å². The maximum absolute atomic E-state index is 10.8. The molecule has 4 heteroatoms. The minimum atomic E-state index is -1.05. The number of phenols is 1. The van der Waals surface area contributed by atoms with E-state index in [1.165, 1.54) is 12.1 Å². The van der Waals surface area contributed by atoms with Gasteiger partial charge in [-0.2, -0.15) is 0 Å². The van der Waals surface area contributed by atoms with Crippen LogP contribution in [0.3, 0.4) is 0 Å². The van der Waals surface area contributed by atoms with Gasteiger partial charge in [0, 0.05) is 5.41 Å². The number of hydrogen-bond acceptors (Lipinski definition) is 3. The topological polar surface area (TPSA) is 83.5 Å². The molecule has 0 saturated carbocycles. The molecular weight excluding hydrogens is 194 g/mol. The number of phenolic OH excluding ortho intramolecular Hbond substituents is 1. The maximum atomic E-state index is 10.8. The lowest BCUT2D eigenvalue weighted by atomic mass is 9.78. The van der Waals surface area contributed by atoms with E-state index in [-0.39, 0.29) is 5.75 Å². The highest BCUT2D eigenvalue weighted by molar-refractivity contribution is 5.75. The van der Waals surface area contributed by atoms with Gasteiger partial charge in [0.05, 0.1) is 0 Å². The average Bonchev–Trinajstić information content (AvgIpc) is 2.16. The van der Waals surface area contributed by atoms with Gasteiger partial charge in [0.15, 0.2) is 0 Å². The van der Waals surface area contributed by atoms with Crippen LogP contribution in [0.25, 0.3) is 0 Å². The number of benzene rings is 1. The molecule has 0 spiro atoms. The summed E-state index contributed by atoms with van der Waals surface area (Å²) in [6, 6.07) is 5.48. The van der Waals surface area contributed by atoms with Crippen LogP contribution < -0.4 is 5.73 Å². The Labute approximate surface area is 88.3 Å². The summed E-state index contributed by atoms with van der Waals surface area (Å²) in [6.45, 7) is 3.47. The normalized spacial score (nSPS) is 13.5. The third kappa shape index (κ3) is 2.27. The van der Waals surface area contributed by atoms with Crippen LogP contribution in [-0.4, -0.2) is 22.2 Å². The second-order valence-corrected chi connectivity index (χ2v) is 4.09. The van der Waals surface area contributed by atoms with Gasteiger partial charge in [-0.25, -0.2) is 0 Å². The molecule has 0 aliphatic carbocycles. The molecule has 82 valence electrons. The smallest absolute Gasteiger partial charge is 0.321 e. The van der Waals surface area contributed by atoms with Crippen LogP contribution in [0, 0.1) is 0 Å². The van der Waals surface area contributed by atoms with Gasteiger partial charge >= 0.3 is 5.97 Å². The average molecular weight is 209 g/mol. The van der Waals surface area contributed by atoms with E-state index in [4.69, 9.17) is 10.8 Å². The van der Waals surface area contributed by atoms with Crippen molar-refractivity contribution in [3.8, 4) is 5.75 Å². The first-order valence-electron chi connectivity index (χ1n) is 4.63. The number of carbonyl (C=O) groups is 1. The molecule has 0 saturated heterocycles. The number of carboxylic acid groups (broad SMARTS) is 1. The summed E-state index contributed by atoms with van der Waals surface area (Å²) in [6.07, 6.45) is 0. The number of nitrogens with two attached hydrogens (primary N) is 1. The van der Waals surface area contributed by atoms with Crippen molar-refractivity contribution >= 4 is 5.97 Å². The summed E-state index contributed by atoms with van der Waals surface area (Å²) in [5, 5.41) is 18.2. The Balaban J connectivity index is 3.10. The highest BCUT2D eigenvalue weighted by Gasteiger charge is 2.33. The highest BCUT2D eigenvalue weighted by Crippen LogP contribution is 2.28. The zero-order valence-corrected chi connectivity index (χ0v) is 8.77. The van der Waals surface area contributed by atoms with Crippen molar-refractivity contribution in [3.05, 3.63) is 29.8 Å². The van der Waals surface area contributed by atoms with Crippen LogP contribution in [0.15, 0.2) is 24.3 Å². The minimum absolute atomic E-state index is 0.109. The van der Waals surface area contributed by atoms with E-state index in [0.717, 1.165) is 0 Å². The number of aliphatic carboxylic acids is 1. The Hall–Kier alpha value is -1.55. The van der Waals surface area contributed by atoms with E-state index >= 15 is 0 Å². The molecule has 4 nitrogen and oxygen atoms in total. The third-order valence-corrected chi connectivity index (χ3v) is 2.63. The van der Waals surface area contributed by atoms with Gasteiger partial charge in [0.1, 0.15) is 11.8 Å². The molecule has 15 heavy (non-hydrogen) atoms. The fourth-order valence-electron chi connectivity index (χ4n) is 1.39. The number of hydrogen-bond donors (Lipinski definition) is 3. The lowest BCUT2D eigenvalue weighted by Crippen LogP contribution is -2.46. The van der Waals surface area contributed by atoms with Crippen LogP contribution in [-0.2, 0) is 10.2 Å². The van der Waals surface area contributed by atoms with Crippen LogP contribution in [0.5, 0.6) is 5.75 Å². The zero-order chi connectivity index (χ0) is 11.6. The monoisotopic (exact) mass is 209 g/mol. The van der Waals surface area contributed by atoms with E-state index < -0.39 is 17.4 Å². The lowest BCUT2D eigenvalue weighted by Gasteiger charge is -2.29. The standard InChI is InChI=1S/C11H15NO3/c1-11(2,9(12)10(14)15)7-4-3-5-8(13)6-7/h3-6,9,13H,12H2,1-2H3,(H,14,15). The summed E-state index contributed by atoms with van der Waals surface area (Å²) in [5.74, 6) is -0.943. The molecule has 0 aliphatic heterocycles. The van der Waals surface area contributed by atoms with Crippen molar-refractivity contribution in [3.63, 3.8) is 0 Å². The second-order valence-electron chi connectivity index (χ2n) is 4.09. The summed E-state index contributed by atoms with van der Waals surface area (Å²) < 4.78 is 0. The molecule has 1 unspecified atom stereocenters. The zero-order valence-electron chi connectivity index (χ0n) is 8.77. The Kier molecular flexibility index (Phi) is 3.00. The van der Waals surface area contributed by atoms with Crippen LogP contribution in [0.1, 0.15) is 19.4 Å². The fraction of sp³-hybridized carbons (Fsp3) is 0.364. The Bertz CT molecular complexity index is 374. The summed E-state index contributed by atoms with van der Waals surface area (Å²) >= 11 is 0. The van der Waals surface area contributed by atoms with E-state index in [1.807, 2.05) is 0 Å². The van der Waals surface area contributed by atoms with Crippen molar-refractivity contribution in [2.45, 2.75) is 25.3 Å². The number of aromatic hydroxyl groups is 1. The van der Waals surface area contributed by atoms with Gasteiger partial charge in [0.25, 0.3) is 0 Å². The van der Waals surface area contributed by atoms with Crippen molar-refractivity contribution in [1.82, 2.24) is 0 Å². The number of carboxylic acids is 1. The molecule has 1 rings (SSSR count). The SMILES string of the molecule is CC(C)(c1cccc(O)c1)C(N)C(=O)O. The largest absolute Gasteiger partial charge is 0.508 e. The van der Waals surface area contributed by atoms with E-state index in [2.05, 4.69) is 0 Å². The van der Waals surface area contributed by atoms with Crippen LogP contribution in [0.2, 0.25) is 0 Å². The molecule has 0 heterocycles. The summed E-state index contributed by atoms with van der Waals surface area (Å²) in [7, 11) is 0. The maximum Gasteiger partial charge on any atom is 0.321 e. The van der Waals surface area contributed by atoms with Crippen LogP contribution in [0.4, 0.5) is 0 Å². The Morgan fingerprint density at radius 2 is 2.07 bits per heavy atom. The summed E-state index contributed by atoms with van der Waals surface area (Å²) in [5.41, 5.74) is 5.58. The number of rotatable bonds is 3. The molecule has 0 aromatic heterocycles. The van der Waals surface area contributed by atoms with Crippen molar-refractivity contribution < 1.29 is 15.0 Å². The van der Waals surface area contributed by atoms with Crippen LogP contribution >= 0.6 is 0 Å². The highest BCUT2D eigenvalue weighted by atomic mass is 16.4. The molecule has 4 N–H and O–H groups in total. The predicted molar refractivity (Wildman–Crippen MR) is 56.7 cm³/mol. The van der Waals surface area contributed by atoms with Gasteiger partial charge in [-0.3, -0.25) is 4.79 Å². The van der Waals surface area contributed by atoms with E-state index in [1.54, 1.807) is 26.0 Å². The first-order chi connectivity index (χ1) is 6.85. The van der Waals surface area contributed by atoms with Crippen molar-refractivity contribution in [2.75, 3.05) is 0 Å². The van der Waals surface area contributed by atoms with Gasteiger partial charge in [-0.15, -0.1) is 0 Å². The second kappa shape index (κ2) is 3.90. The van der Waals surface area contributed by atoms with E-state index in [9.17, 15) is 9.90 Å². The molecule has 1 atom stereocenters. The third-order valence-electron chi connectivity index (χ3n) is 2.63. The quantitative estimate of drug-likeness (QED) is 0.695. The molecule has 0 bridgehead atoms. The molecule has 1 aromatic rings. The molecule has 0 aliphatic rings. The van der Waals surface area contributed by atoms with E-state index in [0.29, 0.717) is 5.56 Å². The molecular formula is C11H15NO3. The van der Waals surface area contributed by atoms with Gasteiger partial charge in [-0.05, 0) is 17.7 Å². The first-order valence-corrected chi connectivity index (χ1v) is 4.63. The fourth-order valence-corrected chi connectivity index (χ4v) is 1.39. The van der Waals surface area contributed by atoms with Gasteiger partial charge in [0.2, 0.25) is 0 Å². The molecule has 0 radical (unpaired) electrons. The van der Waals surface area contributed by atoms with Crippen molar-refractivity contribution in [2.24, 2.45) is 5.73 Å². The first kappa shape index (κ1) is 11.5. The Morgan fingerprint density at radius 3 is 2.53 bits per heavy atom. The summed E-state index contributed by atoms with van der Waals surface area (Å²) in [4.78, 5) is 10.8. The molecule has 0 amide bonds. The molecule has 1 aromatic carbocycles. The van der Waals surface area contributed by atoms with Crippen molar-refractivity contribution in [1.29, 1.82) is 0 Å².